The normalized spacial score (nSPS) is 14.3. The SMILES string of the molecule is C=CC(=NC)c1ccc(C(=O)[C@H](CCCC)[C@H](N)CCC)cc1. The van der Waals surface area contributed by atoms with Gasteiger partial charge in [0.25, 0.3) is 0 Å². The van der Waals surface area contributed by atoms with Gasteiger partial charge in [0.1, 0.15) is 0 Å². The molecule has 0 amide bonds. The van der Waals surface area contributed by atoms with Crippen LogP contribution in [0.1, 0.15) is 61.9 Å². The molecule has 126 valence electrons. The summed E-state index contributed by atoms with van der Waals surface area (Å²) in [5.74, 6) is 0.0824. The van der Waals surface area contributed by atoms with E-state index in [4.69, 9.17) is 5.73 Å². The van der Waals surface area contributed by atoms with Crippen LogP contribution >= 0.6 is 0 Å². The number of benzene rings is 1. The van der Waals surface area contributed by atoms with Crippen LogP contribution in [-0.4, -0.2) is 24.6 Å². The van der Waals surface area contributed by atoms with Crippen molar-refractivity contribution >= 4 is 11.5 Å². The Hall–Kier alpha value is -1.74. The van der Waals surface area contributed by atoms with Gasteiger partial charge in [-0.3, -0.25) is 9.79 Å². The minimum absolute atomic E-state index is 0.0559. The Bertz CT molecular complexity index is 531. The van der Waals surface area contributed by atoms with Gasteiger partial charge in [-0.1, -0.05) is 64.0 Å². The lowest BCUT2D eigenvalue weighted by molar-refractivity contribution is 0.0888. The third-order valence-electron chi connectivity index (χ3n) is 4.24. The summed E-state index contributed by atoms with van der Waals surface area (Å²) in [6.07, 6.45) is 6.60. The molecule has 0 fully saturated rings. The van der Waals surface area contributed by atoms with Crippen molar-refractivity contribution in [1.29, 1.82) is 0 Å². The maximum Gasteiger partial charge on any atom is 0.167 e. The van der Waals surface area contributed by atoms with E-state index in [1.165, 1.54) is 0 Å². The molecule has 1 aromatic rings. The predicted molar refractivity (Wildman–Crippen MR) is 99.3 cm³/mol. The highest BCUT2D eigenvalue weighted by Crippen LogP contribution is 2.21. The summed E-state index contributed by atoms with van der Waals surface area (Å²) in [5, 5.41) is 0. The van der Waals surface area contributed by atoms with E-state index in [1.807, 2.05) is 24.3 Å². The minimum atomic E-state index is -0.0838. The number of carbonyl (C=O) groups is 1. The second-order valence-corrected chi connectivity index (χ2v) is 5.96. The molecule has 0 saturated heterocycles. The van der Waals surface area contributed by atoms with Crippen LogP contribution in [0.15, 0.2) is 41.9 Å². The number of ketones is 1. The molecule has 0 heterocycles. The maximum absolute atomic E-state index is 12.9. The van der Waals surface area contributed by atoms with Crippen molar-refractivity contribution in [3.8, 4) is 0 Å². The molecule has 2 N–H and O–H groups in total. The molecule has 0 saturated carbocycles. The molecular weight excluding hydrogens is 284 g/mol. The zero-order valence-electron chi connectivity index (χ0n) is 14.7. The van der Waals surface area contributed by atoms with E-state index in [0.29, 0.717) is 0 Å². The van der Waals surface area contributed by atoms with Crippen molar-refractivity contribution in [2.75, 3.05) is 7.05 Å². The topological polar surface area (TPSA) is 55.5 Å². The van der Waals surface area contributed by atoms with Crippen molar-refractivity contribution < 1.29 is 4.79 Å². The van der Waals surface area contributed by atoms with Crippen molar-refractivity contribution in [2.45, 2.75) is 52.0 Å². The molecule has 0 aliphatic rings. The minimum Gasteiger partial charge on any atom is -0.327 e. The molecule has 2 atom stereocenters. The number of aliphatic imine (C=N–C) groups is 1. The molecule has 3 heteroatoms. The molecule has 23 heavy (non-hydrogen) atoms. The largest absolute Gasteiger partial charge is 0.327 e. The molecule has 0 bridgehead atoms. The summed E-state index contributed by atoms with van der Waals surface area (Å²) in [7, 11) is 1.74. The quantitative estimate of drug-likeness (QED) is 0.514. The van der Waals surface area contributed by atoms with Gasteiger partial charge in [-0.2, -0.15) is 0 Å². The van der Waals surface area contributed by atoms with Crippen LogP contribution in [0, 0.1) is 5.92 Å². The van der Waals surface area contributed by atoms with Gasteiger partial charge >= 0.3 is 0 Å². The molecular formula is C20H30N2O. The Morgan fingerprint density at radius 2 is 1.78 bits per heavy atom. The van der Waals surface area contributed by atoms with E-state index in [2.05, 4.69) is 25.4 Å². The van der Waals surface area contributed by atoms with E-state index in [9.17, 15) is 4.79 Å². The van der Waals surface area contributed by atoms with Crippen LogP contribution in [0.4, 0.5) is 0 Å². The molecule has 0 aromatic heterocycles. The Morgan fingerprint density at radius 3 is 2.26 bits per heavy atom. The highest BCUT2D eigenvalue weighted by Gasteiger charge is 2.25. The summed E-state index contributed by atoms with van der Waals surface area (Å²) in [4.78, 5) is 17.0. The zero-order chi connectivity index (χ0) is 17.2. The number of Topliss-reactive ketones (excluding diaryl/α,β-unsaturated/α-hetero) is 1. The number of allylic oxidation sites excluding steroid dienone is 1. The lowest BCUT2D eigenvalue weighted by Crippen LogP contribution is -2.35. The van der Waals surface area contributed by atoms with Gasteiger partial charge < -0.3 is 5.73 Å². The van der Waals surface area contributed by atoms with E-state index < -0.39 is 0 Å². The summed E-state index contributed by atoms with van der Waals surface area (Å²) < 4.78 is 0. The number of nitrogens with two attached hydrogens (primary N) is 1. The van der Waals surface area contributed by atoms with Crippen LogP contribution < -0.4 is 5.73 Å². The Balaban J connectivity index is 2.96. The molecule has 0 radical (unpaired) electrons. The zero-order valence-corrected chi connectivity index (χ0v) is 14.7. The molecule has 1 rings (SSSR count). The van der Waals surface area contributed by atoms with Gasteiger partial charge in [0, 0.05) is 24.6 Å². The van der Waals surface area contributed by atoms with E-state index in [-0.39, 0.29) is 17.7 Å². The fraction of sp³-hybridized carbons (Fsp3) is 0.500. The smallest absolute Gasteiger partial charge is 0.167 e. The van der Waals surface area contributed by atoms with Crippen LogP contribution in [0.25, 0.3) is 0 Å². The predicted octanol–water partition coefficient (Wildman–Crippen LogP) is 4.41. The molecule has 3 nitrogen and oxygen atoms in total. The van der Waals surface area contributed by atoms with Crippen molar-refractivity contribution in [3.05, 3.63) is 48.0 Å². The van der Waals surface area contributed by atoms with Gasteiger partial charge in [-0.15, -0.1) is 0 Å². The average molecular weight is 314 g/mol. The number of rotatable bonds is 10. The molecule has 0 unspecified atom stereocenters. The van der Waals surface area contributed by atoms with Gasteiger partial charge in [-0.05, 0) is 24.5 Å². The van der Waals surface area contributed by atoms with E-state index in [1.54, 1.807) is 13.1 Å². The van der Waals surface area contributed by atoms with Gasteiger partial charge in [0.2, 0.25) is 0 Å². The number of carbonyl (C=O) groups excluding carboxylic acids is 1. The van der Waals surface area contributed by atoms with Gasteiger partial charge in [-0.25, -0.2) is 0 Å². The second kappa shape index (κ2) is 10.1. The Morgan fingerprint density at radius 1 is 1.17 bits per heavy atom. The highest BCUT2D eigenvalue weighted by molar-refractivity contribution is 6.09. The molecule has 0 aliphatic carbocycles. The monoisotopic (exact) mass is 314 g/mol. The van der Waals surface area contributed by atoms with E-state index >= 15 is 0 Å². The number of hydrogen-bond acceptors (Lipinski definition) is 3. The van der Waals surface area contributed by atoms with Crippen LogP contribution in [0.3, 0.4) is 0 Å². The molecule has 0 aliphatic heterocycles. The van der Waals surface area contributed by atoms with Gasteiger partial charge in [0.15, 0.2) is 5.78 Å². The van der Waals surface area contributed by atoms with Crippen LogP contribution in [0.5, 0.6) is 0 Å². The first-order chi connectivity index (χ1) is 11.1. The lowest BCUT2D eigenvalue weighted by atomic mass is 9.85. The first kappa shape index (κ1) is 19.3. The van der Waals surface area contributed by atoms with Crippen LogP contribution in [0.2, 0.25) is 0 Å². The Labute approximate surface area is 140 Å². The lowest BCUT2D eigenvalue weighted by Gasteiger charge is -2.22. The average Bonchev–Trinajstić information content (AvgIpc) is 2.57. The second-order valence-electron chi connectivity index (χ2n) is 5.96. The fourth-order valence-corrected chi connectivity index (χ4v) is 2.86. The summed E-state index contributed by atoms with van der Waals surface area (Å²) in [5.41, 5.74) is 8.81. The fourth-order valence-electron chi connectivity index (χ4n) is 2.86. The van der Waals surface area contributed by atoms with Gasteiger partial charge in [0.05, 0.1) is 5.71 Å². The van der Waals surface area contributed by atoms with E-state index in [0.717, 1.165) is 48.9 Å². The first-order valence-corrected chi connectivity index (χ1v) is 8.58. The summed E-state index contributed by atoms with van der Waals surface area (Å²) >= 11 is 0. The maximum atomic E-state index is 12.9. The number of unbranched alkanes of at least 4 members (excludes halogenated alkanes) is 1. The third kappa shape index (κ3) is 5.43. The summed E-state index contributed by atoms with van der Waals surface area (Å²) in [6.45, 7) is 8.01. The molecule has 1 aromatic carbocycles. The highest BCUT2D eigenvalue weighted by atomic mass is 16.1. The third-order valence-corrected chi connectivity index (χ3v) is 4.24. The van der Waals surface area contributed by atoms with Crippen molar-refractivity contribution in [3.63, 3.8) is 0 Å². The Kier molecular flexibility index (Phi) is 8.49. The standard InChI is InChI=1S/C20H30N2O/c1-5-8-10-17(18(21)9-6-2)20(23)16-13-11-15(12-14-16)19(7-3)22-4/h7,11-14,17-18H,3,5-6,8-10,21H2,1-2,4H3/t17-,18-/m1/s1. The summed E-state index contributed by atoms with van der Waals surface area (Å²) in [6, 6.07) is 7.56. The molecule has 0 spiro atoms. The number of nitrogens with zero attached hydrogens (tertiary/aromatic N) is 1. The number of hydrogen-bond donors (Lipinski definition) is 1. The first-order valence-electron chi connectivity index (χ1n) is 8.58. The van der Waals surface area contributed by atoms with Crippen LogP contribution in [-0.2, 0) is 0 Å². The van der Waals surface area contributed by atoms with Crippen molar-refractivity contribution in [1.82, 2.24) is 0 Å². The van der Waals surface area contributed by atoms with Crippen molar-refractivity contribution in [2.24, 2.45) is 16.6 Å².